The quantitative estimate of drug-likeness (QED) is 0.490. The largest absolute Gasteiger partial charge is 0.383 e. The van der Waals surface area contributed by atoms with E-state index in [-0.39, 0.29) is 12.5 Å². The van der Waals surface area contributed by atoms with Crippen LogP contribution in [0.4, 0.5) is 0 Å². The third-order valence-electron chi connectivity index (χ3n) is 4.65. The molecule has 8 heteroatoms. The van der Waals surface area contributed by atoms with E-state index < -0.39 is 0 Å². The predicted octanol–water partition coefficient (Wildman–Crippen LogP) is 2.71. The minimum absolute atomic E-state index is 0.241. The smallest absolute Gasteiger partial charge is 0.270 e. The molecule has 0 bridgehead atoms. The Morgan fingerprint density at radius 1 is 1.07 bits per heavy atom. The van der Waals surface area contributed by atoms with E-state index in [1.807, 2.05) is 65.2 Å². The summed E-state index contributed by atoms with van der Waals surface area (Å²) in [5.74, 6) is 0.421. The summed E-state index contributed by atoms with van der Waals surface area (Å²) in [5, 5.41) is 15.6. The van der Waals surface area contributed by atoms with E-state index in [1.54, 1.807) is 24.2 Å². The number of carbonyl (C=O) groups excluding carboxylic acids is 1. The fourth-order valence-corrected chi connectivity index (χ4v) is 3.10. The van der Waals surface area contributed by atoms with Gasteiger partial charge in [0.15, 0.2) is 5.82 Å². The first-order valence-corrected chi connectivity index (χ1v) is 9.61. The van der Waals surface area contributed by atoms with E-state index in [0.29, 0.717) is 24.7 Å². The molecule has 2 heterocycles. The molecule has 0 spiro atoms. The number of carbonyl (C=O) groups is 1. The summed E-state index contributed by atoms with van der Waals surface area (Å²) >= 11 is 0. The fourth-order valence-electron chi connectivity index (χ4n) is 3.10. The van der Waals surface area contributed by atoms with Crippen LogP contribution in [0.25, 0.3) is 16.9 Å². The lowest BCUT2D eigenvalue weighted by Crippen LogP contribution is -2.27. The van der Waals surface area contributed by atoms with Gasteiger partial charge in [-0.15, -0.1) is 10.2 Å². The van der Waals surface area contributed by atoms with Crippen molar-refractivity contribution >= 4 is 5.91 Å². The van der Waals surface area contributed by atoms with Crippen LogP contribution in [0.5, 0.6) is 0 Å². The lowest BCUT2D eigenvalue weighted by atomic mass is 10.1. The number of ether oxygens (including phenoxy) is 1. The van der Waals surface area contributed by atoms with Gasteiger partial charge in [0.05, 0.1) is 24.5 Å². The Hall–Kier alpha value is -3.78. The molecule has 0 aliphatic heterocycles. The van der Waals surface area contributed by atoms with Gasteiger partial charge in [0.25, 0.3) is 5.91 Å². The van der Waals surface area contributed by atoms with Crippen molar-refractivity contribution in [3.8, 4) is 16.9 Å². The maximum absolute atomic E-state index is 13.0. The molecule has 152 valence electrons. The molecule has 0 saturated heterocycles. The van der Waals surface area contributed by atoms with Crippen molar-refractivity contribution in [1.29, 1.82) is 0 Å². The van der Waals surface area contributed by atoms with Crippen LogP contribution in [-0.2, 0) is 17.8 Å². The molecule has 4 aromatic rings. The maximum Gasteiger partial charge on any atom is 0.270 e. The molecule has 4 rings (SSSR count). The van der Waals surface area contributed by atoms with E-state index in [2.05, 4.69) is 20.6 Å². The normalized spacial score (nSPS) is 10.8. The summed E-state index contributed by atoms with van der Waals surface area (Å²) in [6, 6.07) is 21.2. The first kappa shape index (κ1) is 19.5. The lowest BCUT2D eigenvalue weighted by molar-refractivity contribution is 0.0941. The maximum atomic E-state index is 13.0. The Morgan fingerprint density at radius 3 is 2.53 bits per heavy atom. The number of nitrogens with one attached hydrogen (secondary N) is 1. The first-order valence-electron chi connectivity index (χ1n) is 9.61. The number of nitrogens with zero attached hydrogens (tertiary/aromatic N) is 5. The number of amides is 1. The fraction of sp³-hybridized carbons (Fsp3) is 0.182. The first-order chi connectivity index (χ1) is 14.8. The third-order valence-corrected chi connectivity index (χ3v) is 4.65. The van der Waals surface area contributed by atoms with Crippen LogP contribution < -0.4 is 5.32 Å². The Bertz CT molecular complexity index is 1110. The highest BCUT2D eigenvalue weighted by atomic mass is 16.5. The number of para-hydroxylation sites is 1. The summed E-state index contributed by atoms with van der Waals surface area (Å²) in [5.41, 5.74) is 2.93. The monoisotopic (exact) mass is 402 g/mol. The predicted molar refractivity (Wildman–Crippen MR) is 112 cm³/mol. The van der Waals surface area contributed by atoms with Crippen LogP contribution in [-0.4, -0.2) is 44.2 Å². The van der Waals surface area contributed by atoms with Crippen molar-refractivity contribution in [2.24, 2.45) is 0 Å². The topological polar surface area (TPSA) is 86.9 Å². The van der Waals surface area contributed by atoms with Gasteiger partial charge < -0.3 is 14.6 Å². The zero-order valence-corrected chi connectivity index (χ0v) is 16.6. The van der Waals surface area contributed by atoms with Crippen LogP contribution in [0.3, 0.4) is 0 Å². The molecule has 1 amide bonds. The number of hydrogen-bond donors (Lipinski definition) is 1. The van der Waals surface area contributed by atoms with Gasteiger partial charge >= 0.3 is 0 Å². The summed E-state index contributed by atoms with van der Waals surface area (Å²) in [6.07, 6.45) is 1.63. The van der Waals surface area contributed by atoms with Crippen LogP contribution in [0.15, 0.2) is 73.1 Å². The molecule has 0 fully saturated rings. The molecule has 0 radical (unpaired) electrons. The van der Waals surface area contributed by atoms with Gasteiger partial charge in [0, 0.05) is 19.2 Å². The second-order valence-corrected chi connectivity index (χ2v) is 6.64. The van der Waals surface area contributed by atoms with Crippen LogP contribution in [0.2, 0.25) is 0 Å². The summed E-state index contributed by atoms with van der Waals surface area (Å²) in [6.45, 7) is 1.41. The van der Waals surface area contributed by atoms with Gasteiger partial charge in [-0.1, -0.05) is 48.5 Å². The molecule has 2 aromatic heterocycles. The zero-order chi connectivity index (χ0) is 20.8. The Labute approximate surface area is 174 Å². The molecule has 30 heavy (non-hydrogen) atoms. The van der Waals surface area contributed by atoms with E-state index in [1.165, 1.54) is 0 Å². The summed E-state index contributed by atoms with van der Waals surface area (Å²) in [4.78, 5) is 13.0. The zero-order valence-electron chi connectivity index (χ0n) is 16.6. The number of methoxy groups -OCH3 is 1. The van der Waals surface area contributed by atoms with Crippen LogP contribution in [0, 0.1) is 0 Å². The second kappa shape index (κ2) is 9.15. The van der Waals surface area contributed by atoms with E-state index >= 15 is 0 Å². The van der Waals surface area contributed by atoms with Crippen molar-refractivity contribution in [1.82, 2.24) is 29.9 Å². The van der Waals surface area contributed by atoms with E-state index in [9.17, 15) is 4.79 Å². The standard InChI is InChI=1S/C22H22N6O2/c1-30-13-12-27-16-24-25-21(27)15-23-22(29)20-14-19(17-8-4-2-5-9-17)26-28(20)18-10-6-3-7-11-18/h2-11,14,16H,12-13,15H2,1H3,(H,23,29). The van der Waals surface area contributed by atoms with Crippen molar-refractivity contribution in [3.63, 3.8) is 0 Å². The SMILES string of the molecule is COCCn1cnnc1CNC(=O)c1cc(-c2ccccc2)nn1-c1ccccc1. The molecule has 0 aliphatic rings. The average molecular weight is 402 g/mol. The minimum Gasteiger partial charge on any atom is -0.383 e. The van der Waals surface area contributed by atoms with Crippen molar-refractivity contribution in [2.75, 3.05) is 13.7 Å². The van der Waals surface area contributed by atoms with Gasteiger partial charge in [-0.05, 0) is 18.2 Å². The summed E-state index contributed by atoms with van der Waals surface area (Å²) in [7, 11) is 1.64. The van der Waals surface area contributed by atoms with E-state index in [0.717, 1.165) is 16.9 Å². The van der Waals surface area contributed by atoms with Gasteiger partial charge in [-0.2, -0.15) is 5.10 Å². The molecular weight excluding hydrogens is 380 g/mol. The van der Waals surface area contributed by atoms with Crippen molar-refractivity contribution < 1.29 is 9.53 Å². The minimum atomic E-state index is -0.241. The Balaban J connectivity index is 1.60. The van der Waals surface area contributed by atoms with Crippen LogP contribution >= 0.6 is 0 Å². The second-order valence-electron chi connectivity index (χ2n) is 6.64. The van der Waals surface area contributed by atoms with Gasteiger partial charge in [0.1, 0.15) is 12.0 Å². The molecule has 0 aliphatic carbocycles. The number of aromatic nitrogens is 5. The highest BCUT2D eigenvalue weighted by molar-refractivity contribution is 5.94. The molecule has 0 saturated carbocycles. The Kier molecular flexibility index (Phi) is 5.95. The molecule has 2 aromatic carbocycles. The molecule has 0 atom stereocenters. The third kappa shape index (κ3) is 4.28. The van der Waals surface area contributed by atoms with Gasteiger partial charge in [-0.25, -0.2) is 4.68 Å². The molecule has 1 N–H and O–H groups in total. The Morgan fingerprint density at radius 2 is 1.80 bits per heavy atom. The van der Waals surface area contributed by atoms with Gasteiger partial charge in [-0.3, -0.25) is 4.79 Å². The molecule has 0 unspecified atom stereocenters. The van der Waals surface area contributed by atoms with Gasteiger partial charge in [0.2, 0.25) is 0 Å². The lowest BCUT2D eigenvalue weighted by Gasteiger charge is -2.09. The van der Waals surface area contributed by atoms with E-state index in [4.69, 9.17) is 4.74 Å². The van der Waals surface area contributed by atoms with Crippen molar-refractivity contribution in [2.45, 2.75) is 13.1 Å². The molecule has 8 nitrogen and oxygen atoms in total. The average Bonchev–Trinajstić information content (AvgIpc) is 3.44. The highest BCUT2D eigenvalue weighted by Gasteiger charge is 2.18. The number of benzene rings is 2. The van der Waals surface area contributed by atoms with Crippen molar-refractivity contribution in [3.05, 3.63) is 84.6 Å². The highest BCUT2D eigenvalue weighted by Crippen LogP contribution is 2.21. The number of hydrogen-bond acceptors (Lipinski definition) is 5. The number of rotatable bonds is 8. The summed E-state index contributed by atoms with van der Waals surface area (Å²) < 4.78 is 8.61. The molecular formula is C22H22N6O2. The van der Waals surface area contributed by atoms with Crippen LogP contribution in [0.1, 0.15) is 16.3 Å².